The fraction of sp³-hybridized carbons (Fsp3) is 0.533. The number of carboxylic acids is 1. The number of ether oxygens (including phenoxy) is 1. The maximum atomic E-state index is 10.8. The Hall–Kier alpha value is -1.51. The maximum absolute atomic E-state index is 10.8. The summed E-state index contributed by atoms with van der Waals surface area (Å²) in [7, 11) is 0. The highest BCUT2D eigenvalue weighted by Crippen LogP contribution is 2.49. The van der Waals surface area contributed by atoms with Crippen molar-refractivity contribution in [3.63, 3.8) is 0 Å². The van der Waals surface area contributed by atoms with Crippen LogP contribution in [0.5, 0.6) is 5.75 Å². The molecule has 0 heterocycles. The highest BCUT2D eigenvalue weighted by atomic mass is 16.5. The SMILES string of the molecule is CC(C)c1ccccc1OCC1(CC(=O)O)CC1. The summed E-state index contributed by atoms with van der Waals surface area (Å²) < 4.78 is 5.86. The molecule has 0 aliphatic heterocycles. The fourth-order valence-corrected chi connectivity index (χ4v) is 2.19. The Labute approximate surface area is 108 Å². The van der Waals surface area contributed by atoms with Crippen molar-refractivity contribution >= 4 is 5.97 Å². The third-order valence-electron chi connectivity index (χ3n) is 3.56. The summed E-state index contributed by atoms with van der Waals surface area (Å²) in [5.41, 5.74) is 1.07. The standard InChI is InChI=1S/C15H20O3/c1-11(2)12-5-3-4-6-13(12)18-10-15(7-8-15)9-14(16)17/h3-6,11H,7-10H2,1-2H3,(H,16,17). The third kappa shape index (κ3) is 3.03. The van der Waals surface area contributed by atoms with Gasteiger partial charge < -0.3 is 9.84 Å². The van der Waals surface area contributed by atoms with E-state index in [1.807, 2.05) is 18.2 Å². The van der Waals surface area contributed by atoms with Crippen molar-refractivity contribution in [1.82, 2.24) is 0 Å². The van der Waals surface area contributed by atoms with E-state index in [0.717, 1.165) is 18.6 Å². The Bertz CT molecular complexity index is 433. The van der Waals surface area contributed by atoms with Gasteiger partial charge in [-0.25, -0.2) is 0 Å². The Morgan fingerprint density at radius 1 is 1.39 bits per heavy atom. The van der Waals surface area contributed by atoms with Gasteiger partial charge in [0.1, 0.15) is 5.75 Å². The molecule has 1 aliphatic rings. The van der Waals surface area contributed by atoms with Crippen LogP contribution in [0.2, 0.25) is 0 Å². The average molecular weight is 248 g/mol. The molecule has 1 fully saturated rings. The zero-order valence-corrected chi connectivity index (χ0v) is 11.0. The van der Waals surface area contributed by atoms with Gasteiger partial charge in [-0.05, 0) is 30.4 Å². The number of carbonyl (C=O) groups is 1. The predicted molar refractivity (Wildman–Crippen MR) is 69.9 cm³/mol. The monoisotopic (exact) mass is 248 g/mol. The Balaban J connectivity index is 2.00. The van der Waals surface area contributed by atoms with Crippen molar-refractivity contribution < 1.29 is 14.6 Å². The van der Waals surface area contributed by atoms with Crippen LogP contribution in [0.3, 0.4) is 0 Å². The van der Waals surface area contributed by atoms with Gasteiger partial charge >= 0.3 is 5.97 Å². The molecule has 0 saturated heterocycles. The van der Waals surface area contributed by atoms with Gasteiger partial charge in [0, 0.05) is 5.41 Å². The molecule has 0 spiro atoms. The van der Waals surface area contributed by atoms with Gasteiger partial charge in [0.25, 0.3) is 0 Å². The molecule has 0 bridgehead atoms. The van der Waals surface area contributed by atoms with Gasteiger partial charge in [-0.2, -0.15) is 0 Å². The van der Waals surface area contributed by atoms with Crippen LogP contribution in [0.15, 0.2) is 24.3 Å². The van der Waals surface area contributed by atoms with Gasteiger partial charge in [-0.15, -0.1) is 0 Å². The van der Waals surface area contributed by atoms with Crippen LogP contribution in [0, 0.1) is 5.41 Å². The average Bonchev–Trinajstić information content (AvgIpc) is 3.06. The summed E-state index contributed by atoms with van der Waals surface area (Å²) >= 11 is 0. The zero-order chi connectivity index (χ0) is 13.2. The molecule has 2 rings (SSSR count). The van der Waals surface area contributed by atoms with Crippen LogP contribution in [0.25, 0.3) is 0 Å². The summed E-state index contributed by atoms with van der Waals surface area (Å²) in [6.07, 6.45) is 2.14. The highest BCUT2D eigenvalue weighted by molar-refractivity contribution is 5.68. The molecule has 3 heteroatoms. The van der Waals surface area contributed by atoms with Crippen LogP contribution < -0.4 is 4.74 Å². The summed E-state index contributed by atoms with van der Waals surface area (Å²) in [5.74, 6) is 0.577. The van der Waals surface area contributed by atoms with Crippen molar-refractivity contribution in [2.45, 2.75) is 39.0 Å². The molecular formula is C15H20O3. The van der Waals surface area contributed by atoms with Gasteiger partial charge in [-0.1, -0.05) is 32.0 Å². The minimum atomic E-state index is -0.728. The highest BCUT2D eigenvalue weighted by Gasteiger charge is 2.45. The molecule has 98 valence electrons. The molecule has 1 aromatic rings. The van der Waals surface area contributed by atoms with Gasteiger partial charge in [-0.3, -0.25) is 4.79 Å². The van der Waals surface area contributed by atoms with Crippen molar-refractivity contribution in [2.75, 3.05) is 6.61 Å². The number of rotatable bonds is 6. The quantitative estimate of drug-likeness (QED) is 0.838. The number of benzene rings is 1. The molecule has 0 atom stereocenters. The summed E-state index contributed by atoms with van der Waals surface area (Å²) in [6.45, 7) is 4.78. The van der Waals surface area contributed by atoms with E-state index in [-0.39, 0.29) is 11.8 Å². The summed E-state index contributed by atoms with van der Waals surface area (Å²) in [5, 5.41) is 8.87. The minimum Gasteiger partial charge on any atom is -0.493 e. The van der Waals surface area contributed by atoms with Crippen LogP contribution in [-0.4, -0.2) is 17.7 Å². The smallest absolute Gasteiger partial charge is 0.304 e. The van der Waals surface area contributed by atoms with E-state index < -0.39 is 5.97 Å². The minimum absolute atomic E-state index is 0.115. The lowest BCUT2D eigenvalue weighted by molar-refractivity contribution is -0.138. The number of carboxylic acid groups (broad SMARTS) is 1. The number of para-hydroxylation sites is 1. The van der Waals surface area contributed by atoms with E-state index in [9.17, 15) is 4.79 Å². The molecule has 18 heavy (non-hydrogen) atoms. The lowest BCUT2D eigenvalue weighted by atomic mass is 10.0. The largest absolute Gasteiger partial charge is 0.493 e. The molecule has 1 aliphatic carbocycles. The second-order valence-electron chi connectivity index (χ2n) is 5.55. The normalized spacial score (nSPS) is 16.6. The van der Waals surface area contributed by atoms with Crippen LogP contribution in [-0.2, 0) is 4.79 Å². The van der Waals surface area contributed by atoms with Crippen LogP contribution in [0.1, 0.15) is 44.6 Å². The number of hydrogen-bond donors (Lipinski definition) is 1. The first-order chi connectivity index (χ1) is 8.52. The van der Waals surface area contributed by atoms with Crippen molar-refractivity contribution in [2.24, 2.45) is 5.41 Å². The fourth-order valence-electron chi connectivity index (χ4n) is 2.19. The lowest BCUT2D eigenvalue weighted by Crippen LogP contribution is -2.17. The second-order valence-corrected chi connectivity index (χ2v) is 5.55. The Morgan fingerprint density at radius 2 is 2.06 bits per heavy atom. The zero-order valence-electron chi connectivity index (χ0n) is 11.0. The predicted octanol–water partition coefficient (Wildman–Crippen LogP) is 3.44. The van der Waals surface area contributed by atoms with Crippen LogP contribution >= 0.6 is 0 Å². The first kappa shape index (κ1) is 12.9. The van der Waals surface area contributed by atoms with E-state index in [0.29, 0.717) is 12.5 Å². The molecule has 1 aromatic carbocycles. The maximum Gasteiger partial charge on any atom is 0.304 e. The molecule has 0 unspecified atom stereocenters. The molecule has 3 nitrogen and oxygen atoms in total. The summed E-state index contributed by atoms with van der Waals surface area (Å²) in [4.78, 5) is 10.8. The van der Waals surface area contributed by atoms with Gasteiger partial charge in [0.15, 0.2) is 0 Å². The topological polar surface area (TPSA) is 46.5 Å². The molecular weight excluding hydrogens is 228 g/mol. The second kappa shape index (κ2) is 5.01. The van der Waals surface area contributed by atoms with E-state index in [4.69, 9.17) is 9.84 Å². The van der Waals surface area contributed by atoms with E-state index in [2.05, 4.69) is 19.9 Å². The van der Waals surface area contributed by atoms with Crippen molar-refractivity contribution in [1.29, 1.82) is 0 Å². The first-order valence-electron chi connectivity index (χ1n) is 6.46. The van der Waals surface area contributed by atoms with Gasteiger partial charge in [0.05, 0.1) is 13.0 Å². The van der Waals surface area contributed by atoms with E-state index >= 15 is 0 Å². The molecule has 1 saturated carbocycles. The van der Waals surface area contributed by atoms with Crippen LogP contribution in [0.4, 0.5) is 0 Å². The number of aliphatic carboxylic acids is 1. The molecule has 1 N–H and O–H groups in total. The van der Waals surface area contributed by atoms with Crippen molar-refractivity contribution in [3.8, 4) is 5.75 Å². The number of hydrogen-bond acceptors (Lipinski definition) is 2. The van der Waals surface area contributed by atoms with E-state index in [1.54, 1.807) is 0 Å². The Kier molecular flexibility index (Phi) is 3.60. The molecule has 0 amide bonds. The first-order valence-corrected chi connectivity index (χ1v) is 6.46. The summed E-state index contributed by atoms with van der Waals surface area (Å²) in [6, 6.07) is 7.99. The molecule has 0 aromatic heterocycles. The molecule has 0 radical (unpaired) electrons. The van der Waals surface area contributed by atoms with Crippen molar-refractivity contribution in [3.05, 3.63) is 29.8 Å². The third-order valence-corrected chi connectivity index (χ3v) is 3.56. The van der Waals surface area contributed by atoms with Gasteiger partial charge in [0.2, 0.25) is 0 Å². The van der Waals surface area contributed by atoms with E-state index in [1.165, 1.54) is 5.56 Å². The Morgan fingerprint density at radius 3 is 2.61 bits per heavy atom. The lowest BCUT2D eigenvalue weighted by Gasteiger charge is -2.17.